The zero-order valence-corrected chi connectivity index (χ0v) is 25.7. The molecule has 6 fully saturated rings. The number of rotatable bonds is 0. The fourth-order valence-electron chi connectivity index (χ4n) is 5.68. The number of fused-ring (bicyclic) bond motifs is 6. The van der Waals surface area contributed by atoms with Gasteiger partial charge in [-0.2, -0.15) is 0 Å². The van der Waals surface area contributed by atoms with E-state index in [1.807, 2.05) is 0 Å². The van der Waals surface area contributed by atoms with E-state index in [0.29, 0.717) is 0 Å². The third-order valence-electron chi connectivity index (χ3n) is 8.11. The van der Waals surface area contributed by atoms with Crippen molar-refractivity contribution in [3.8, 4) is 0 Å². The Morgan fingerprint density at radius 2 is 0.725 bits per heavy atom. The molecule has 0 N–H and O–H groups in total. The Labute approximate surface area is 249 Å². The molecular weight excluding hydrogens is 607 g/mol. The van der Waals surface area contributed by atoms with Gasteiger partial charge in [0.1, 0.15) is 39.6 Å². The molecule has 9 rings (SSSR count). The minimum absolute atomic E-state index is 0. The Kier molecular flexibility index (Phi) is 6.55. The predicted molar refractivity (Wildman–Crippen MR) is 138 cm³/mol. The molecule has 6 saturated heterocycles. The van der Waals surface area contributed by atoms with E-state index in [9.17, 15) is 0 Å². The summed E-state index contributed by atoms with van der Waals surface area (Å²) in [5.74, 6) is 5.36. The molecule has 12 nitrogen and oxygen atoms in total. The van der Waals surface area contributed by atoms with Gasteiger partial charge in [-0.05, 0) is 41.5 Å². The van der Waals surface area contributed by atoms with Crippen molar-refractivity contribution < 1.29 is 47.9 Å². The Balaban J connectivity index is 0.000000107. The normalized spacial score (nSPS) is 28.1. The zero-order chi connectivity index (χ0) is 27.2. The molecule has 0 saturated carbocycles. The van der Waals surface area contributed by atoms with Gasteiger partial charge < -0.3 is 57.8 Å². The summed E-state index contributed by atoms with van der Waals surface area (Å²) in [5, 5.41) is 0. The van der Waals surface area contributed by atoms with Crippen molar-refractivity contribution in [3.63, 3.8) is 0 Å². The van der Waals surface area contributed by atoms with Crippen LogP contribution in [-0.4, -0.2) is 105 Å². The molecule has 0 aromatic heterocycles. The molecule has 0 amide bonds. The fraction of sp³-hybridized carbons (Fsp3) is 0.667. The average molecular weight is 647 g/mol. The van der Waals surface area contributed by atoms with Gasteiger partial charge in [-0.1, -0.05) is 0 Å². The molecule has 1 radical (unpaired) electrons. The summed E-state index contributed by atoms with van der Waals surface area (Å²) < 4.78 is 33.3. The molecule has 9 heterocycles. The Bertz CT molecular complexity index is 1000. The fourth-order valence-corrected chi connectivity index (χ4v) is 5.68. The van der Waals surface area contributed by atoms with Crippen molar-refractivity contribution >= 4 is 0 Å². The first-order valence-electron chi connectivity index (χ1n) is 13.8. The molecule has 0 atom stereocenters. The van der Waals surface area contributed by atoms with Crippen LogP contribution in [0.2, 0.25) is 0 Å². The molecule has 13 heteroatoms. The van der Waals surface area contributed by atoms with E-state index < -0.39 is 0 Å². The third-order valence-corrected chi connectivity index (χ3v) is 8.11. The molecule has 9 aliphatic heterocycles. The van der Waals surface area contributed by atoms with Crippen LogP contribution in [-0.2, 0) is 47.9 Å². The summed E-state index contributed by atoms with van der Waals surface area (Å²) in [5.41, 5.74) is 0.197. The summed E-state index contributed by atoms with van der Waals surface area (Å²) in [6.07, 6.45) is 0. The van der Waals surface area contributed by atoms with Crippen molar-refractivity contribution in [2.45, 2.75) is 58.2 Å². The van der Waals surface area contributed by atoms with Crippen LogP contribution >= 0.6 is 0 Å². The Morgan fingerprint density at radius 3 is 1.00 bits per heavy atom. The maximum atomic E-state index is 5.61. The summed E-state index contributed by atoms with van der Waals surface area (Å²) in [4.78, 5) is 12.8. The largest absolute Gasteiger partial charge is 0.475 e. The first-order valence-corrected chi connectivity index (χ1v) is 13.8. The van der Waals surface area contributed by atoms with Crippen LogP contribution in [0.5, 0.6) is 0 Å². The van der Waals surface area contributed by atoms with Crippen LogP contribution in [0.4, 0.5) is 0 Å². The van der Waals surface area contributed by atoms with Crippen molar-refractivity contribution in [2.75, 3.05) is 59.3 Å². The monoisotopic (exact) mass is 646 g/mol. The maximum Gasteiger partial charge on any atom is 0.221 e. The smallest absolute Gasteiger partial charge is 0.221 e. The molecule has 0 unspecified atom stereocenters. The van der Waals surface area contributed by atoms with Gasteiger partial charge in [-0.25, -0.2) is 0 Å². The average Bonchev–Trinajstić information content (AvgIpc) is 3.68. The maximum absolute atomic E-state index is 5.61. The van der Waals surface area contributed by atoms with E-state index in [2.05, 4.69) is 90.9 Å². The van der Waals surface area contributed by atoms with Gasteiger partial charge in [0.2, 0.25) is 35.3 Å². The minimum Gasteiger partial charge on any atom is -0.475 e. The quantitative estimate of drug-likeness (QED) is 0.286. The van der Waals surface area contributed by atoms with Crippen LogP contribution < -0.4 is 0 Å². The van der Waals surface area contributed by atoms with Crippen molar-refractivity contribution in [2.24, 2.45) is 0 Å². The number of hydrogen-bond acceptors (Lipinski definition) is 12. The summed E-state index contributed by atoms with van der Waals surface area (Å²) in [6, 6.07) is 0. The predicted octanol–water partition coefficient (Wildman–Crippen LogP) is 2.06. The van der Waals surface area contributed by atoms with Crippen LogP contribution in [0.1, 0.15) is 41.5 Å². The van der Waals surface area contributed by atoms with E-state index in [0.717, 1.165) is 94.6 Å². The molecule has 0 aromatic carbocycles. The SMILES string of the molecule is CC1(C)COC2=C3OCCN3[CH-]N21.CC1(C)COC2=C3OCCN3[CH-]N21.CC1(C)COC2=C3OCCN3[CH-]N21.[Rh]. The third kappa shape index (κ3) is 4.25. The molecule has 0 spiro atoms. The molecule has 0 aromatic rings. The van der Waals surface area contributed by atoms with Crippen molar-refractivity contribution in [1.29, 1.82) is 0 Å². The van der Waals surface area contributed by atoms with E-state index >= 15 is 0 Å². The van der Waals surface area contributed by atoms with Crippen molar-refractivity contribution in [3.05, 3.63) is 55.3 Å². The second kappa shape index (κ2) is 9.49. The minimum atomic E-state index is 0. The van der Waals surface area contributed by atoms with Crippen LogP contribution in [0.15, 0.2) is 35.3 Å². The second-order valence-corrected chi connectivity index (χ2v) is 12.7. The van der Waals surface area contributed by atoms with Gasteiger partial charge in [0, 0.05) is 55.7 Å². The standard InChI is InChI=1S/3C9H13N2O2.Rh/c3*1-9(2)5-13-8-7-10(3-4-12-7)6-11(8)9;/h3*6H,3-5H2,1-2H3;/q3*-1;. The topological polar surface area (TPSA) is 74.8 Å². The molecule has 0 bridgehead atoms. The summed E-state index contributed by atoms with van der Waals surface area (Å²) in [7, 11) is 0. The van der Waals surface area contributed by atoms with Gasteiger partial charge in [-0.15, -0.1) is 20.0 Å². The van der Waals surface area contributed by atoms with Gasteiger partial charge >= 0.3 is 0 Å². The zero-order valence-electron chi connectivity index (χ0n) is 24.1. The number of ether oxygens (including phenoxy) is 6. The van der Waals surface area contributed by atoms with Crippen LogP contribution in [0.3, 0.4) is 0 Å². The van der Waals surface area contributed by atoms with Gasteiger partial charge in [0.15, 0.2) is 0 Å². The van der Waals surface area contributed by atoms with Crippen LogP contribution in [0, 0.1) is 20.0 Å². The Morgan fingerprint density at radius 1 is 0.450 bits per heavy atom. The number of hydrogen-bond donors (Lipinski definition) is 0. The second-order valence-electron chi connectivity index (χ2n) is 12.7. The van der Waals surface area contributed by atoms with Gasteiger partial charge in [0.25, 0.3) is 0 Å². The van der Waals surface area contributed by atoms with Crippen molar-refractivity contribution in [1.82, 2.24) is 29.4 Å². The van der Waals surface area contributed by atoms with Gasteiger partial charge in [-0.3, -0.25) is 0 Å². The van der Waals surface area contributed by atoms with Gasteiger partial charge in [0.05, 0.1) is 0 Å². The van der Waals surface area contributed by atoms with Crippen LogP contribution in [0.25, 0.3) is 0 Å². The molecule has 0 aliphatic carbocycles. The van der Waals surface area contributed by atoms with E-state index in [4.69, 9.17) is 28.4 Å². The van der Waals surface area contributed by atoms with E-state index in [1.54, 1.807) is 0 Å². The number of nitrogens with zero attached hydrogens (tertiary/aromatic N) is 6. The first kappa shape index (κ1) is 27.6. The van der Waals surface area contributed by atoms with E-state index in [-0.39, 0.29) is 36.1 Å². The molecule has 225 valence electrons. The molecular formula is C27H39N6O6Rh-3. The first-order chi connectivity index (χ1) is 18.6. The summed E-state index contributed by atoms with van der Waals surface area (Å²) >= 11 is 0. The molecule has 9 aliphatic rings. The van der Waals surface area contributed by atoms with E-state index in [1.165, 1.54) is 0 Å². The summed E-state index contributed by atoms with van der Waals surface area (Å²) in [6.45, 7) is 26.6. The Hall–Kier alpha value is -2.56. The molecule has 40 heavy (non-hydrogen) atoms.